The van der Waals surface area contributed by atoms with Gasteiger partial charge in [-0.15, -0.1) is 20.4 Å². The van der Waals surface area contributed by atoms with E-state index in [0.717, 1.165) is 128 Å². The van der Waals surface area contributed by atoms with Crippen molar-refractivity contribution < 1.29 is 33.7 Å². The summed E-state index contributed by atoms with van der Waals surface area (Å²) in [5.74, 6) is 1.29. The number of benzene rings is 4. The van der Waals surface area contributed by atoms with Gasteiger partial charge >= 0.3 is 0 Å². The quantitative estimate of drug-likeness (QED) is 0.0781. The molecule has 0 fully saturated rings. The Labute approximate surface area is 579 Å². The first-order chi connectivity index (χ1) is 48.1. The van der Waals surface area contributed by atoms with Crippen molar-refractivity contribution in [1.82, 2.24) is 78.8 Å². The summed E-state index contributed by atoms with van der Waals surface area (Å²) in [6.07, 6.45) is 6.68. The molecule has 0 spiro atoms. The number of hydrogen-bond donors (Lipinski definition) is 6. The average Bonchev–Trinajstić information content (AvgIpc) is 1.58. The van der Waals surface area contributed by atoms with Crippen LogP contribution in [0.25, 0.3) is 22.6 Å². The molecule has 8 aromatic heterocycles. The Morgan fingerprint density at radius 3 is 1.11 bits per heavy atom. The summed E-state index contributed by atoms with van der Waals surface area (Å²) in [7, 11) is -4.09. The number of rotatable bonds is 12. The van der Waals surface area contributed by atoms with Crippen LogP contribution in [0.1, 0.15) is 56.4 Å². The fourth-order valence-electron chi connectivity index (χ4n) is 13.0. The van der Waals surface area contributed by atoms with Crippen LogP contribution in [0.3, 0.4) is 0 Å². The van der Waals surface area contributed by atoms with E-state index in [1.807, 2.05) is 13.8 Å². The Morgan fingerprint density at radius 2 is 0.700 bits per heavy atom. The van der Waals surface area contributed by atoms with Gasteiger partial charge in [-0.2, -0.15) is 0 Å². The summed E-state index contributed by atoms with van der Waals surface area (Å²) in [5.41, 5.74) is 11.6. The highest BCUT2D eigenvalue weighted by Crippen LogP contribution is 2.37. The Kier molecular flexibility index (Phi) is 19.1. The molecular formula is C68H76N20O8S4. The number of likely N-dealkylation sites (N-methyl/N-ethyl adjacent to an activating group) is 2. The maximum Gasteiger partial charge on any atom is 0.214 e. The first kappa shape index (κ1) is 68.7. The Bertz CT molecular complexity index is 5580. The lowest BCUT2D eigenvalue weighted by molar-refractivity contribution is 0.306. The molecule has 0 bridgehead atoms. The zero-order valence-corrected chi connectivity index (χ0v) is 59.6. The third-order valence-corrected chi connectivity index (χ3v) is 25.3. The van der Waals surface area contributed by atoms with Crippen LogP contribution in [0.2, 0.25) is 0 Å². The Morgan fingerprint density at radius 1 is 0.380 bits per heavy atom. The van der Waals surface area contributed by atoms with Crippen molar-refractivity contribution in [2.24, 2.45) is 0 Å². The topological polar surface area (TPSA) is 336 Å². The third kappa shape index (κ3) is 12.4. The van der Waals surface area contributed by atoms with E-state index in [1.165, 1.54) is 0 Å². The number of hydrogen-bond acceptors (Lipinski definition) is 24. The SMILES string of the molecule is CNc1nn2c3c(c(C)nc2c1S(=O)(=O)c1ccccc1)CN(C)CC3.CNc1nn2c3c(c(C)nc2c1S(=O)(=O)c1ccccc1)CNCC3.CNc1nn2c3c(cnc2c1S(=O)(=O)c1ccccc1)CN(C)CC3.CNc1nn2c3c(cnc2c1S(=O)(=O)c1ccccc1)CNCC3. The van der Waals surface area contributed by atoms with Crippen LogP contribution in [0.5, 0.6) is 0 Å². The molecule has 32 heteroatoms. The summed E-state index contributed by atoms with van der Waals surface area (Å²) in [6, 6.07) is 33.6. The second-order valence-corrected chi connectivity index (χ2v) is 32.0. The van der Waals surface area contributed by atoms with Crippen molar-refractivity contribution in [3.05, 3.63) is 190 Å². The molecule has 16 rings (SSSR count). The minimum absolute atomic E-state index is 0.123. The lowest BCUT2D eigenvalue weighted by atomic mass is 10.0. The highest BCUT2D eigenvalue weighted by atomic mass is 32.2. The van der Waals surface area contributed by atoms with Crippen LogP contribution < -0.4 is 31.9 Å². The van der Waals surface area contributed by atoms with Gasteiger partial charge in [0.2, 0.25) is 39.3 Å². The van der Waals surface area contributed by atoms with Gasteiger partial charge in [0.15, 0.2) is 65.4 Å². The van der Waals surface area contributed by atoms with E-state index in [2.05, 4.69) is 96.1 Å². The zero-order chi connectivity index (χ0) is 70.4. The fraction of sp³-hybridized carbons (Fsp3) is 0.294. The molecule has 0 radical (unpaired) electrons. The molecule has 520 valence electrons. The van der Waals surface area contributed by atoms with Crippen molar-refractivity contribution in [1.29, 1.82) is 0 Å². The molecule has 12 aromatic rings. The molecule has 4 aliphatic heterocycles. The molecule has 0 saturated heterocycles. The van der Waals surface area contributed by atoms with E-state index in [-0.39, 0.29) is 39.2 Å². The number of anilines is 4. The van der Waals surface area contributed by atoms with E-state index in [9.17, 15) is 33.7 Å². The van der Waals surface area contributed by atoms with E-state index in [4.69, 9.17) is 0 Å². The third-order valence-electron chi connectivity index (χ3n) is 18.1. The second kappa shape index (κ2) is 27.7. The van der Waals surface area contributed by atoms with Crippen molar-refractivity contribution in [2.75, 3.05) is 89.7 Å². The maximum absolute atomic E-state index is 13.3. The molecule has 0 saturated carbocycles. The number of aromatic nitrogens is 12. The number of fused-ring (bicyclic) bond motifs is 12. The molecule has 100 heavy (non-hydrogen) atoms. The van der Waals surface area contributed by atoms with E-state index in [0.29, 0.717) is 52.4 Å². The minimum Gasteiger partial charge on any atom is -0.370 e. The van der Waals surface area contributed by atoms with Gasteiger partial charge in [-0.05, 0) is 76.5 Å². The first-order valence-corrected chi connectivity index (χ1v) is 38.4. The van der Waals surface area contributed by atoms with Crippen molar-refractivity contribution in [2.45, 2.75) is 105 Å². The number of aryl methyl sites for hydroxylation is 2. The summed E-state index contributed by atoms with van der Waals surface area (Å²) in [6.45, 7) is 10.3. The average molecular weight is 1430 g/mol. The van der Waals surface area contributed by atoms with Crippen LogP contribution in [0.15, 0.2) is 173 Å². The molecule has 0 unspecified atom stereocenters. The van der Waals surface area contributed by atoms with Crippen molar-refractivity contribution in [3.63, 3.8) is 0 Å². The van der Waals surface area contributed by atoms with Gasteiger partial charge in [-0.3, -0.25) is 0 Å². The zero-order valence-electron chi connectivity index (χ0n) is 56.3. The van der Waals surface area contributed by atoms with Gasteiger partial charge in [0.1, 0.15) is 0 Å². The molecule has 6 N–H and O–H groups in total. The normalized spacial score (nSPS) is 14.9. The van der Waals surface area contributed by atoms with Gasteiger partial charge in [-0.1, -0.05) is 72.8 Å². The maximum atomic E-state index is 13.3. The highest BCUT2D eigenvalue weighted by Gasteiger charge is 2.36. The van der Waals surface area contributed by atoms with Gasteiger partial charge in [0.05, 0.1) is 42.4 Å². The molecule has 0 aliphatic carbocycles. The smallest absolute Gasteiger partial charge is 0.214 e. The molecule has 4 aliphatic rings. The van der Waals surface area contributed by atoms with Gasteiger partial charge in [0.25, 0.3) is 0 Å². The van der Waals surface area contributed by atoms with E-state index >= 15 is 0 Å². The molecule has 28 nitrogen and oxygen atoms in total. The predicted molar refractivity (Wildman–Crippen MR) is 378 cm³/mol. The first-order valence-electron chi connectivity index (χ1n) is 32.4. The van der Waals surface area contributed by atoms with Crippen molar-refractivity contribution in [3.8, 4) is 0 Å². The van der Waals surface area contributed by atoms with Gasteiger partial charge in [0, 0.05) is 152 Å². The fourth-order valence-corrected chi connectivity index (χ4v) is 19.1. The van der Waals surface area contributed by atoms with Crippen LogP contribution in [0.4, 0.5) is 23.3 Å². The second-order valence-electron chi connectivity index (χ2n) is 24.5. The number of nitrogens with one attached hydrogen (secondary N) is 6. The molecule has 4 aromatic carbocycles. The predicted octanol–water partition coefficient (Wildman–Crippen LogP) is 6.30. The largest absolute Gasteiger partial charge is 0.370 e. The summed E-state index contributed by atoms with van der Waals surface area (Å²) >= 11 is 0. The van der Waals surface area contributed by atoms with Gasteiger partial charge in [-0.25, -0.2) is 71.7 Å². The molecule has 0 amide bonds. The van der Waals surface area contributed by atoms with Crippen molar-refractivity contribution >= 4 is 85.2 Å². The standard InChI is InChI=1S/C18H21N5O2S.2C17H19N5O2S.C16H17N5O2S/c1-12-14-11-22(3)10-9-15(14)23-18(20-12)16(17(19-2)21-23)26(24,25)13-7-5-4-6-8-13;1-18-16-15(25(23,24)13-6-4-3-5-7-13)17-19-10-12-11-21(2)9-8-14(12)22(17)20-16;1-11-13-10-19-9-8-14(13)22-17(20-11)15(16(18-2)21-22)25(23,24)12-6-4-3-5-7-12;1-17-15-14(24(22,23)12-5-3-2-4-6-12)16-19-10-11-9-18-8-7-13(11)21(16)20-15/h4-8H,9-11H2,1-3H3,(H,19,21);3-7,10H,8-9,11H2,1-2H3,(H,18,20);3-7,19H,8-10H2,1-2H3,(H,18,21);2-6,10,18H,7-9H2,1H3,(H,17,20). The number of sulfone groups is 4. The molecular weight excluding hydrogens is 1350 g/mol. The lowest BCUT2D eigenvalue weighted by Gasteiger charge is -2.26. The lowest BCUT2D eigenvalue weighted by Crippen LogP contribution is -2.29. The highest BCUT2D eigenvalue weighted by molar-refractivity contribution is 7.92. The van der Waals surface area contributed by atoms with Crippen LogP contribution >= 0.6 is 0 Å². The van der Waals surface area contributed by atoms with Crippen LogP contribution in [0, 0.1) is 13.8 Å². The van der Waals surface area contributed by atoms with E-state index < -0.39 is 39.3 Å². The summed E-state index contributed by atoms with van der Waals surface area (Å²) in [4.78, 5) is 24.0. The monoisotopic (exact) mass is 1430 g/mol. The summed E-state index contributed by atoms with van der Waals surface area (Å²) < 4.78 is 112. The molecule has 0 atom stereocenters. The van der Waals surface area contributed by atoms with Crippen LogP contribution in [-0.2, 0) is 91.2 Å². The summed E-state index contributed by atoms with van der Waals surface area (Å²) in [5, 5.41) is 36.3. The molecule has 12 heterocycles. The Balaban J connectivity index is 0.000000120. The number of nitrogens with zero attached hydrogens (tertiary/aromatic N) is 14. The van der Waals surface area contributed by atoms with Gasteiger partial charge < -0.3 is 41.7 Å². The Hall–Kier alpha value is -9.80. The van der Waals surface area contributed by atoms with Crippen LogP contribution in [-0.4, -0.2) is 170 Å². The minimum atomic E-state index is -3.74. The van der Waals surface area contributed by atoms with E-state index in [1.54, 1.807) is 180 Å².